The van der Waals surface area contributed by atoms with Crippen molar-refractivity contribution >= 4 is 49.2 Å². The van der Waals surface area contributed by atoms with Crippen LogP contribution in [0.25, 0.3) is 60.3 Å². The van der Waals surface area contributed by atoms with Gasteiger partial charge in [-0.15, -0.1) is 0 Å². The second-order valence-corrected chi connectivity index (χ2v) is 8.69. The lowest BCUT2D eigenvalue weighted by Gasteiger charge is -2.14. The predicted octanol–water partition coefficient (Wildman–Crippen LogP) is 7.85. The molecule has 0 aromatic heterocycles. The minimum Gasteiger partial charge on any atom is -0.495 e. The summed E-state index contributed by atoms with van der Waals surface area (Å²) in [4.78, 5) is 0. The first-order valence-electron chi connectivity index (χ1n) is 11.5. The van der Waals surface area contributed by atoms with E-state index in [-0.39, 0.29) is 5.57 Å². The second kappa shape index (κ2) is 8.31. The molecule has 0 unspecified atom stereocenters. The lowest BCUT2D eigenvalue weighted by molar-refractivity contribution is 0.418. The first-order valence-corrected chi connectivity index (χ1v) is 11.5. The van der Waals surface area contributed by atoms with Crippen molar-refractivity contribution < 1.29 is 9.47 Å². The van der Waals surface area contributed by atoms with E-state index < -0.39 is 0 Å². The molecule has 0 N–H and O–H groups in total. The predicted molar refractivity (Wildman–Crippen MR) is 145 cm³/mol. The van der Waals surface area contributed by atoms with Crippen LogP contribution < -0.4 is 9.47 Å². The molecular formula is C32H20N2O2. The van der Waals surface area contributed by atoms with E-state index >= 15 is 0 Å². The van der Waals surface area contributed by atoms with Gasteiger partial charge in [0.15, 0.2) is 0 Å². The van der Waals surface area contributed by atoms with Crippen molar-refractivity contribution in [3.63, 3.8) is 0 Å². The molecule has 4 nitrogen and oxygen atoms in total. The van der Waals surface area contributed by atoms with Crippen LogP contribution in [0.2, 0.25) is 0 Å². The number of benzene rings is 4. The highest BCUT2D eigenvalue weighted by molar-refractivity contribution is 6.23. The molecule has 0 saturated heterocycles. The number of hydrogen-bond donors (Lipinski definition) is 0. The summed E-state index contributed by atoms with van der Waals surface area (Å²) >= 11 is 0. The minimum atomic E-state index is 0.0276. The molecule has 4 aromatic rings. The molecule has 4 heteroatoms. The first kappa shape index (κ1) is 21.5. The van der Waals surface area contributed by atoms with Crippen molar-refractivity contribution in [2.75, 3.05) is 14.2 Å². The fraction of sp³-hybridized carbons (Fsp3) is 0.0625. The third-order valence-corrected chi connectivity index (χ3v) is 6.86. The van der Waals surface area contributed by atoms with Crippen LogP contribution in [0.1, 0.15) is 5.56 Å². The molecule has 0 heterocycles. The van der Waals surface area contributed by atoms with E-state index in [1.165, 1.54) is 5.39 Å². The lowest BCUT2D eigenvalue weighted by Crippen LogP contribution is -1.92. The lowest BCUT2D eigenvalue weighted by atomic mass is 10.00. The van der Waals surface area contributed by atoms with Crippen LogP contribution >= 0.6 is 0 Å². The van der Waals surface area contributed by atoms with Gasteiger partial charge in [0.1, 0.15) is 29.2 Å². The van der Waals surface area contributed by atoms with Crippen LogP contribution in [0.3, 0.4) is 0 Å². The van der Waals surface area contributed by atoms with Gasteiger partial charge in [0.2, 0.25) is 0 Å². The van der Waals surface area contributed by atoms with E-state index in [0.29, 0.717) is 5.75 Å². The fourth-order valence-electron chi connectivity index (χ4n) is 5.31. The van der Waals surface area contributed by atoms with Gasteiger partial charge in [-0.05, 0) is 62.5 Å². The second-order valence-electron chi connectivity index (χ2n) is 8.69. The monoisotopic (exact) mass is 464 g/mol. The molecule has 0 atom stereocenters. The van der Waals surface area contributed by atoms with Gasteiger partial charge in [0, 0.05) is 21.5 Å². The Kier molecular flexibility index (Phi) is 4.95. The topological polar surface area (TPSA) is 66.0 Å². The highest BCUT2D eigenvalue weighted by Crippen LogP contribution is 2.52. The van der Waals surface area contributed by atoms with Crippen LogP contribution in [-0.4, -0.2) is 14.2 Å². The number of methoxy groups -OCH3 is 2. The molecule has 0 saturated carbocycles. The van der Waals surface area contributed by atoms with Gasteiger partial charge in [0.05, 0.1) is 14.2 Å². The van der Waals surface area contributed by atoms with Gasteiger partial charge in [-0.2, -0.15) is 10.5 Å². The number of allylic oxidation sites excluding steroid dienone is 1. The van der Waals surface area contributed by atoms with Crippen LogP contribution in [0.15, 0.2) is 84.4 Å². The molecule has 2 aliphatic carbocycles. The Morgan fingerprint density at radius 1 is 0.639 bits per heavy atom. The Morgan fingerprint density at radius 2 is 1.19 bits per heavy atom. The zero-order chi connectivity index (χ0) is 24.8. The number of nitriles is 2. The van der Waals surface area contributed by atoms with Crippen molar-refractivity contribution in [3.05, 3.63) is 90.0 Å². The average Bonchev–Trinajstić information content (AvgIpc) is 3.08. The number of nitrogens with zero attached hydrogens (tertiary/aromatic N) is 2. The SMILES string of the molecule is COc1c2ccccc2c(OC)c2c(C=C(C#N)C#N)c3ccc4cc5ccccc5cc4cc-3c12. The third kappa shape index (κ3) is 3.06. The highest BCUT2D eigenvalue weighted by Gasteiger charge is 2.26. The number of fused-ring (bicyclic) bond motifs is 6. The van der Waals surface area contributed by atoms with Gasteiger partial charge in [-0.25, -0.2) is 0 Å². The molecular weight excluding hydrogens is 444 g/mol. The molecule has 0 bridgehead atoms. The molecule has 0 fully saturated rings. The summed E-state index contributed by atoms with van der Waals surface area (Å²) in [6, 6.07) is 31.0. The van der Waals surface area contributed by atoms with Gasteiger partial charge in [0.25, 0.3) is 0 Å². The standard InChI is InChI=1S/C32H20N2O2/c1-35-31-25-9-5-6-10-26(25)32(36-2)30-28-16-23-15-21-8-4-3-7-20(21)14-22(23)11-12-24(28)27(29(30)31)13-19(17-33)18-34/h3-16H,1-2H3. The smallest absolute Gasteiger partial charge is 0.135 e. The Morgan fingerprint density at radius 3 is 1.81 bits per heavy atom. The van der Waals surface area contributed by atoms with Crippen LogP contribution in [-0.2, 0) is 0 Å². The summed E-state index contributed by atoms with van der Waals surface area (Å²) in [6.45, 7) is 0. The minimum absolute atomic E-state index is 0.0276. The Bertz CT molecular complexity index is 1920. The van der Waals surface area contributed by atoms with Gasteiger partial charge in [-0.1, -0.05) is 60.7 Å². The van der Waals surface area contributed by atoms with Gasteiger partial charge >= 0.3 is 0 Å². The highest BCUT2D eigenvalue weighted by atomic mass is 16.5. The van der Waals surface area contributed by atoms with Crippen molar-refractivity contribution in [1.29, 1.82) is 10.5 Å². The van der Waals surface area contributed by atoms with Crippen molar-refractivity contribution in [2.24, 2.45) is 0 Å². The van der Waals surface area contributed by atoms with Crippen LogP contribution in [0.5, 0.6) is 11.5 Å². The molecule has 0 spiro atoms. The Balaban J connectivity index is 1.90. The van der Waals surface area contributed by atoms with E-state index in [1.807, 2.05) is 48.5 Å². The summed E-state index contributed by atoms with van der Waals surface area (Å²) in [6.07, 6.45) is 1.66. The number of ether oxygens (including phenoxy) is 2. The Hall–Kier alpha value is -5.06. The summed E-state index contributed by atoms with van der Waals surface area (Å²) in [5.74, 6) is 1.43. The fourth-order valence-corrected chi connectivity index (χ4v) is 5.31. The van der Waals surface area contributed by atoms with E-state index in [1.54, 1.807) is 20.3 Å². The normalized spacial score (nSPS) is 11.0. The van der Waals surface area contributed by atoms with Crippen molar-refractivity contribution in [1.82, 2.24) is 0 Å². The van der Waals surface area contributed by atoms with E-state index in [9.17, 15) is 10.5 Å². The summed E-state index contributed by atoms with van der Waals surface area (Å²) in [7, 11) is 3.32. The maximum atomic E-state index is 9.58. The third-order valence-electron chi connectivity index (χ3n) is 6.86. The first-order chi connectivity index (χ1) is 17.7. The maximum absolute atomic E-state index is 9.58. The van der Waals surface area contributed by atoms with E-state index in [4.69, 9.17) is 9.47 Å². The molecule has 2 aliphatic rings. The molecule has 0 radical (unpaired) electrons. The molecule has 0 amide bonds. The summed E-state index contributed by atoms with van der Waals surface area (Å²) in [5, 5.41) is 27.2. The van der Waals surface area contributed by atoms with Gasteiger partial charge in [-0.3, -0.25) is 0 Å². The van der Waals surface area contributed by atoms with Crippen molar-refractivity contribution in [2.45, 2.75) is 0 Å². The van der Waals surface area contributed by atoms with Crippen LogP contribution in [0, 0.1) is 22.7 Å². The molecule has 0 aliphatic heterocycles. The molecule has 6 rings (SSSR count). The summed E-state index contributed by atoms with van der Waals surface area (Å²) in [5.41, 5.74) is 2.68. The Labute approximate surface area is 208 Å². The van der Waals surface area contributed by atoms with E-state index in [2.05, 4.69) is 42.5 Å². The number of hydrogen-bond acceptors (Lipinski definition) is 4. The zero-order valence-electron chi connectivity index (χ0n) is 19.8. The molecule has 36 heavy (non-hydrogen) atoms. The zero-order valence-corrected chi connectivity index (χ0v) is 19.8. The quantitative estimate of drug-likeness (QED) is 0.250. The maximum Gasteiger partial charge on any atom is 0.135 e. The molecule has 4 aromatic carbocycles. The van der Waals surface area contributed by atoms with Crippen molar-refractivity contribution in [3.8, 4) is 34.8 Å². The molecule has 170 valence electrons. The van der Waals surface area contributed by atoms with E-state index in [0.717, 1.165) is 60.1 Å². The largest absolute Gasteiger partial charge is 0.495 e. The average molecular weight is 465 g/mol. The van der Waals surface area contributed by atoms with Gasteiger partial charge < -0.3 is 9.47 Å². The van der Waals surface area contributed by atoms with Crippen LogP contribution in [0.4, 0.5) is 0 Å². The summed E-state index contributed by atoms with van der Waals surface area (Å²) < 4.78 is 12.0. The number of rotatable bonds is 3.